The standard InChI is InChI=1S/C22H22N4O2.C5H11N/c1-16(23)12-25-22(28)20-11-19(13-24-14-20)10-17-5-7-18(8-6-17)15-26-9-3-2-4-21(26)27;1-5(2)4-6-3/h2-9,11,13-14,23H,10,12,15H2,1H3,(H,25,28);6H,1,4H2,2-3H3. The van der Waals surface area contributed by atoms with Gasteiger partial charge in [-0.05, 0) is 56.1 Å². The topological polar surface area (TPSA) is 99.9 Å². The Morgan fingerprint density at radius 2 is 1.74 bits per heavy atom. The van der Waals surface area contributed by atoms with Crippen molar-refractivity contribution in [3.8, 4) is 0 Å². The number of pyridine rings is 2. The lowest BCUT2D eigenvalue weighted by atomic mass is 10.0. The third-order valence-electron chi connectivity index (χ3n) is 4.73. The van der Waals surface area contributed by atoms with Crippen molar-refractivity contribution in [2.45, 2.75) is 26.8 Å². The van der Waals surface area contributed by atoms with Gasteiger partial charge in [-0.1, -0.05) is 42.5 Å². The highest BCUT2D eigenvalue weighted by atomic mass is 16.1. The van der Waals surface area contributed by atoms with E-state index in [2.05, 4.69) is 22.2 Å². The van der Waals surface area contributed by atoms with E-state index in [9.17, 15) is 9.59 Å². The monoisotopic (exact) mass is 459 g/mol. The Balaban J connectivity index is 0.000000604. The van der Waals surface area contributed by atoms with E-state index in [1.54, 1.807) is 36.0 Å². The van der Waals surface area contributed by atoms with Crippen LogP contribution >= 0.6 is 0 Å². The zero-order valence-corrected chi connectivity index (χ0v) is 20.1. The molecule has 0 aliphatic heterocycles. The van der Waals surface area contributed by atoms with Gasteiger partial charge in [0.1, 0.15) is 0 Å². The maximum atomic E-state index is 12.1. The van der Waals surface area contributed by atoms with Crippen LogP contribution in [-0.4, -0.2) is 41.3 Å². The maximum Gasteiger partial charge on any atom is 0.253 e. The molecule has 0 atom stereocenters. The molecule has 2 heterocycles. The second kappa shape index (κ2) is 13.6. The first-order valence-corrected chi connectivity index (χ1v) is 11.1. The first kappa shape index (κ1) is 26.4. The van der Waals surface area contributed by atoms with Crippen LogP contribution in [0.4, 0.5) is 0 Å². The number of nitrogens with one attached hydrogen (secondary N) is 3. The van der Waals surface area contributed by atoms with Gasteiger partial charge in [0.25, 0.3) is 11.5 Å². The third-order valence-corrected chi connectivity index (χ3v) is 4.73. The SMILES string of the molecule is C=C(C)CNC.CC(=N)CNC(=O)c1cncc(Cc2ccc(Cn3ccccc3=O)cc2)c1. The Labute approximate surface area is 201 Å². The Bertz CT molecular complexity index is 1170. The summed E-state index contributed by atoms with van der Waals surface area (Å²) in [5.74, 6) is -0.232. The van der Waals surface area contributed by atoms with E-state index >= 15 is 0 Å². The number of carbonyl (C=O) groups excluding carboxylic acids is 1. The number of benzene rings is 1. The van der Waals surface area contributed by atoms with Crippen LogP contribution in [0.3, 0.4) is 0 Å². The van der Waals surface area contributed by atoms with Crippen molar-refractivity contribution in [2.75, 3.05) is 20.1 Å². The molecule has 0 saturated heterocycles. The average molecular weight is 460 g/mol. The molecular formula is C27H33N5O2. The molecule has 1 amide bonds. The Hall–Kier alpha value is -3.84. The van der Waals surface area contributed by atoms with Crippen LogP contribution in [0.5, 0.6) is 0 Å². The Morgan fingerprint density at radius 3 is 2.32 bits per heavy atom. The van der Waals surface area contributed by atoms with Gasteiger partial charge >= 0.3 is 0 Å². The molecular weight excluding hydrogens is 426 g/mol. The van der Waals surface area contributed by atoms with Gasteiger partial charge in [-0.2, -0.15) is 0 Å². The van der Waals surface area contributed by atoms with E-state index < -0.39 is 0 Å². The summed E-state index contributed by atoms with van der Waals surface area (Å²) in [4.78, 5) is 28.1. The van der Waals surface area contributed by atoms with Gasteiger partial charge in [0.2, 0.25) is 0 Å². The molecule has 7 heteroatoms. The van der Waals surface area contributed by atoms with Crippen LogP contribution in [0.1, 0.15) is 40.9 Å². The highest BCUT2D eigenvalue weighted by molar-refractivity contribution is 5.96. The molecule has 0 aliphatic rings. The summed E-state index contributed by atoms with van der Waals surface area (Å²) in [6, 6.07) is 15.0. The highest BCUT2D eigenvalue weighted by Crippen LogP contribution is 2.12. The van der Waals surface area contributed by atoms with Gasteiger partial charge in [0, 0.05) is 36.9 Å². The summed E-state index contributed by atoms with van der Waals surface area (Å²) >= 11 is 0. The van der Waals surface area contributed by atoms with Crippen molar-refractivity contribution < 1.29 is 4.79 Å². The molecule has 0 fully saturated rings. The number of rotatable bonds is 9. The van der Waals surface area contributed by atoms with Crippen molar-refractivity contribution in [1.29, 1.82) is 5.41 Å². The first-order valence-electron chi connectivity index (χ1n) is 11.1. The van der Waals surface area contributed by atoms with Gasteiger partial charge in [-0.25, -0.2) is 0 Å². The van der Waals surface area contributed by atoms with Crippen molar-refractivity contribution >= 4 is 11.6 Å². The number of nitrogens with zero attached hydrogens (tertiary/aromatic N) is 2. The predicted octanol–water partition coefficient (Wildman–Crippen LogP) is 3.43. The van der Waals surface area contributed by atoms with E-state index in [-0.39, 0.29) is 18.0 Å². The lowest BCUT2D eigenvalue weighted by Gasteiger charge is -2.08. The molecule has 3 rings (SSSR count). The van der Waals surface area contributed by atoms with E-state index in [0.29, 0.717) is 24.2 Å². The van der Waals surface area contributed by atoms with Crippen LogP contribution in [0.25, 0.3) is 0 Å². The lowest BCUT2D eigenvalue weighted by molar-refractivity contribution is 0.0958. The molecule has 34 heavy (non-hydrogen) atoms. The molecule has 0 saturated carbocycles. The Morgan fingerprint density at radius 1 is 1.03 bits per heavy atom. The van der Waals surface area contributed by atoms with Crippen molar-refractivity contribution in [3.05, 3.63) is 112 Å². The van der Waals surface area contributed by atoms with Crippen molar-refractivity contribution in [2.24, 2.45) is 0 Å². The molecule has 2 aromatic heterocycles. The van der Waals surface area contributed by atoms with Gasteiger partial charge in [-0.3, -0.25) is 14.6 Å². The normalized spacial score (nSPS) is 10.1. The van der Waals surface area contributed by atoms with Gasteiger partial charge in [0.15, 0.2) is 0 Å². The quantitative estimate of drug-likeness (QED) is 0.337. The van der Waals surface area contributed by atoms with E-state index in [4.69, 9.17) is 5.41 Å². The van der Waals surface area contributed by atoms with Gasteiger partial charge in [-0.15, -0.1) is 0 Å². The van der Waals surface area contributed by atoms with E-state index in [1.165, 1.54) is 11.8 Å². The number of hydrogen-bond donors (Lipinski definition) is 3. The number of carbonyl (C=O) groups is 1. The second-order valence-electron chi connectivity index (χ2n) is 8.19. The lowest BCUT2D eigenvalue weighted by Crippen LogP contribution is -2.28. The average Bonchev–Trinajstić information content (AvgIpc) is 2.81. The van der Waals surface area contributed by atoms with Crippen LogP contribution in [0.2, 0.25) is 0 Å². The fraction of sp³-hybridized carbons (Fsp3) is 0.259. The summed E-state index contributed by atoms with van der Waals surface area (Å²) in [5, 5.41) is 13.1. The number of amides is 1. The highest BCUT2D eigenvalue weighted by Gasteiger charge is 2.07. The van der Waals surface area contributed by atoms with Gasteiger partial charge < -0.3 is 20.6 Å². The van der Waals surface area contributed by atoms with Crippen LogP contribution in [0.15, 0.2) is 84.1 Å². The minimum atomic E-state index is -0.232. The minimum absolute atomic E-state index is 0.0223. The fourth-order valence-electron chi connectivity index (χ4n) is 3.11. The third kappa shape index (κ3) is 9.34. The van der Waals surface area contributed by atoms with E-state index in [1.807, 2.05) is 50.4 Å². The summed E-state index contributed by atoms with van der Waals surface area (Å²) in [6.07, 6.45) is 5.70. The molecule has 0 spiro atoms. The zero-order valence-electron chi connectivity index (χ0n) is 20.1. The smallest absolute Gasteiger partial charge is 0.253 e. The molecule has 0 radical (unpaired) electrons. The van der Waals surface area contributed by atoms with Gasteiger partial charge in [0.05, 0.1) is 18.7 Å². The fourth-order valence-corrected chi connectivity index (χ4v) is 3.11. The van der Waals surface area contributed by atoms with Crippen molar-refractivity contribution in [3.63, 3.8) is 0 Å². The summed E-state index contributed by atoms with van der Waals surface area (Å²) in [7, 11) is 1.91. The summed E-state index contributed by atoms with van der Waals surface area (Å²) < 4.78 is 1.66. The minimum Gasteiger partial charge on any atom is -0.347 e. The molecule has 178 valence electrons. The second-order valence-corrected chi connectivity index (χ2v) is 8.19. The van der Waals surface area contributed by atoms with E-state index in [0.717, 1.165) is 23.2 Å². The molecule has 3 N–H and O–H groups in total. The van der Waals surface area contributed by atoms with Crippen LogP contribution in [0, 0.1) is 5.41 Å². The molecule has 3 aromatic rings. The Kier molecular flexibility index (Phi) is 10.6. The first-order chi connectivity index (χ1) is 16.3. The maximum absolute atomic E-state index is 12.1. The van der Waals surface area contributed by atoms with Crippen molar-refractivity contribution in [1.82, 2.24) is 20.2 Å². The summed E-state index contributed by atoms with van der Waals surface area (Å²) in [5.41, 5.74) is 5.12. The zero-order chi connectivity index (χ0) is 24.9. The number of aromatic nitrogens is 2. The molecule has 0 bridgehead atoms. The van der Waals surface area contributed by atoms with Crippen LogP contribution in [-0.2, 0) is 13.0 Å². The largest absolute Gasteiger partial charge is 0.347 e. The number of hydrogen-bond acceptors (Lipinski definition) is 5. The molecule has 7 nitrogen and oxygen atoms in total. The molecule has 0 aliphatic carbocycles. The number of likely N-dealkylation sites (N-methyl/N-ethyl adjacent to an activating group) is 1. The predicted molar refractivity (Wildman–Crippen MR) is 138 cm³/mol. The molecule has 0 unspecified atom stereocenters. The van der Waals surface area contributed by atoms with Crippen LogP contribution < -0.4 is 16.2 Å². The molecule has 1 aromatic carbocycles. The summed E-state index contributed by atoms with van der Waals surface area (Å²) in [6.45, 7) is 9.02.